The molecule has 3 aromatic carbocycles. The molecule has 1 heterocycles. The third kappa shape index (κ3) is 5.74. The SMILES string of the molecule is O=C(N[C@@H](Cc1cn(C(c2ccccc2)(c2ccccc2)c2ccccc2)cn1)C(=O)O)OCC1C2C=CC=CC2C2C=CC=CC21. The fourth-order valence-electron chi connectivity index (χ4n) is 7.79. The monoisotopic (exact) mass is 623 g/mol. The number of carboxylic acids is 1. The molecule has 2 N–H and O–H groups in total. The molecular formula is C40H37N3O4. The summed E-state index contributed by atoms with van der Waals surface area (Å²) in [6.07, 6.45) is 20.0. The van der Waals surface area contributed by atoms with Gasteiger partial charge in [-0.3, -0.25) is 0 Å². The van der Waals surface area contributed by atoms with Crippen LogP contribution in [0.25, 0.3) is 0 Å². The first-order valence-electron chi connectivity index (χ1n) is 16.1. The van der Waals surface area contributed by atoms with E-state index in [4.69, 9.17) is 4.74 Å². The van der Waals surface area contributed by atoms with Gasteiger partial charge in [-0.05, 0) is 40.4 Å². The van der Waals surface area contributed by atoms with Crippen molar-refractivity contribution < 1.29 is 19.4 Å². The number of ether oxygens (including phenoxy) is 1. The van der Waals surface area contributed by atoms with Crippen LogP contribution in [0, 0.1) is 29.6 Å². The minimum Gasteiger partial charge on any atom is -0.480 e. The maximum atomic E-state index is 13.1. The average molecular weight is 624 g/mol. The largest absolute Gasteiger partial charge is 0.480 e. The first-order valence-corrected chi connectivity index (χ1v) is 16.1. The predicted octanol–water partition coefficient (Wildman–Crippen LogP) is 6.79. The van der Waals surface area contributed by atoms with Crippen LogP contribution in [0.1, 0.15) is 22.4 Å². The van der Waals surface area contributed by atoms with E-state index in [1.807, 2.05) is 65.4 Å². The lowest BCUT2D eigenvalue weighted by Gasteiger charge is -2.37. The maximum Gasteiger partial charge on any atom is 0.407 e. The summed E-state index contributed by atoms with van der Waals surface area (Å²) >= 11 is 0. The molecule has 3 aliphatic carbocycles. The predicted molar refractivity (Wildman–Crippen MR) is 180 cm³/mol. The standard InChI is InChI=1S/C40H37N3O4/c44-38(45)37(42-39(46)47-26-36-34-22-12-10-20-32(34)33-21-11-13-23-35(33)36)24-31-25-43(27-41-31)40(28-14-4-1-5-15-28,29-16-6-2-7-17-29)30-18-8-3-9-19-30/h1-23,25,27,32-37H,24,26H2,(H,42,46)(H,44,45)/t32?,33?,34?,35?,36?,37-/m0/s1. The van der Waals surface area contributed by atoms with E-state index in [1.54, 1.807) is 6.33 Å². The lowest BCUT2D eigenvalue weighted by Crippen LogP contribution is -2.43. The number of aliphatic carboxylic acids is 1. The molecular weight excluding hydrogens is 586 g/mol. The van der Waals surface area contributed by atoms with Crippen LogP contribution in [0.4, 0.5) is 4.79 Å². The van der Waals surface area contributed by atoms with E-state index in [0.29, 0.717) is 17.5 Å². The van der Waals surface area contributed by atoms with Crippen molar-refractivity contribution in [1.82, 2.24) is 14.9 Å². The van der Waals surface area contributed by atoms with Gasteiger partial charge in [-0.25, -0.2) is 14.6 Å². The highest BCUT2D eigenvalue weighted by Crippen LogP contribution is 2.51. The number of nitrogens with zero attached hydrogens (tertiary/aromatic N) is 2. The Kier molecular flexibility index (Phi) is 8.44. The fraction of sp³-hybridized carbons (Fsp3) is 0.225. The summed E-state index contributed by atoms with van der Waals surface area (Å²) < 4.78 is 7.75. The molecule has 1 aromatic heterocycles. The molecule has 7 nitrogen and oxygen atoms in total. The van der Waals surface area contributed by atoms with Crippen LogP contribution < -0.4 is 5.32 Å². The topological polar surface area (TPSA) is 93.5 Å². The van der Waals surface area contributed by atoms with Crippen molar-refractivity contribution in [2.24, 2.45) is 29.6 Å². The number of carboxylic acid groups (broad SMARTS) is 1. The maximum absolute atomic E-state index is 13.1. The minimum absolute atomic E-state index is 0.00816. The van der Waals surface area contributed by atoms with Gasteiger partial charge in [-0.15, -0.1) is 0 Å². The van der Waals surface area contributed by atoms with Crippen LogP contribution in [-0.4, -0.2) is 39.4 Å². The van der Waals surface area contributed by atoms with Gasteiger partial charge in [-0.2, -0.15) is 0 Å². The summed E-state index contributed by atoms with van der Waals surface area (Å²) in [4.78, 5) is 30.1. The summed E-state index contributed by atoms with van der Waals surface area (Å²) in [5.74, 6) is 0.193. The number of nitrogens with one attached hydrogen (secondary N) is 1. The third-order valence-electron chi connectivity index (χ3n) is 9.89. The second kappa shape index (κ2) is 13.1. The minimum atomic E-state index is -1.22. The lowest BCUT2D eigenvalue weighted by molar-refractivity contribution is -0.139. The van der Waals surface area contributed by atoms with E-state index in [2.05, 4.69) is 95.3 Å². The van der Waals surface area contributed by atoms with Crippen LogP contribution in [0.3, 0.4) is 0 Å². The summed E-state index contributed by atoms with van der Waals surface area (Å²) in [7, 11) is 0. The molecule has 7 rings (SSSR count). The second-order valence-corrected chi connectivity index (χ2v) is 12.4. The van der Waals surface area contributed by atoms with Crippen molar-refractivity contribution in [3.05, 3.63) is 175 Å². The smallest absolute Gasteiger partial charge is 0.407 e. The summed E-state index contributed by atoms with van der Waals surface area (Å²) in [5.41, 5.74) is 2.84. The number of fused-ring (bicyclic) bond motifs is 3. The Balaban J connectivity index is 1.12. The summed E-state index contributed by atoms with van der Waals surface area (Å²) in [6, 6.07) is 29.3. The number of hydrogen-bond acceptors (Lipinski definition) is 4. The first kappa shape index (κ1) is 30.2. The van der Waals surface area contributed by atoms with Gasteiger partial charge in [0.15, 0.2) is 0 Å². The van der Waals surface area contributed by atoms with Gasteiger partial charge in [0.1, 0.15) is 11.6 Å². The molecule has 7 heteroatoms. The number of allylic oxidation sites excluding steroid dienone is 8. The highest BCUT2D eigenvalue weighted by atomic mass is 16.5. The second-order valence-electron chi connectivity index (χ2n) is 12.4. The molecule has 0 saturated heterocycles. The molecule has 1 saturated carbocycles. The van der Waals surface area contributed by atoms with Crippen molar-refractivity contribution in [3.8, 4) is 0 Å². The highest BCUT2D eigenvalue weighted by Gasteiger charge is 2.47. The first-order chi connectivity index (χ1) is 23.1. The number of imidazole rings is 1. The van der Waals surface area contributed by atoms with Crippen molar-refractivity contribution in [3.63, 3.8) is 0 Å². The Morgan fingerprint density at radius 2 is 1.21 bits per heavy atom. The molecule has 4 unspecified atom stereocenters. The molecule has 4 aromatic rings. The Bertz CT molecular complexity index is 1700. The van der Waals surface area contributed by atoms with E-state index in [1.165, 1.54) is 0 Å². The van der Waals surface area contributed by atoms with Gasteiger partial charge in [0.2, 0.25) is 0 Å². The number of aromatic nitrogens is 2. The van der Waals surface area contributed by atoms with Crippen LogP contribution in [0.5, 0.6) is 0 Å². The molecule has 3 aliphatic rings. The molecule has 1 fully saturated rings. The number of hydrogen-bond donors (Lipinski definition) is 2. The van der Waals surface area contributed by atoms with E-state index >= 15 is 0 Å². The van der Waals surface area contributed by atoms with Gasteiger partial charge in [0.05, 0.1) is 18.6 Å². The Morgan fingerprint density at radius 3 is 1.68 bits per heavy atom. The van der Waals surface area contributed by atoms with E-state index in [9.17, 15) is 14.7 Å². The molecule has 0 aliphatic heterocycles. The Morgan fingerprint density at radius 1 is 0.745 bits per heavy atom. The van der Waals surface area contributed by atoms with Crippen LogP contribution in [0.2, 0.25) is 0 Å². The molecule has 236 valence electrons. The number of carbonyl (C=O) groups is 2. The van der Waals surface area contributed by atoms with Crippen LogP contribution >= 0.6 is 0 Å². The van der Waals surface area contributed by atoms with E-state index in [-0.39, 0.29) is 30.8 Å². The fourth-order valence-corrected chi connectivity index (χ4v) is 7.79. The Hall–Kier alpha value is -5.43. The number of alkyl carbamates (subject to hydrolysis) is 1. The normalized spacial score (nSPS) is 23.1. The number of rotatable bonds is 10. The molecule has 0 spiro atoms. The van der Waals surface area contributed by atoms with Gasteiger partial charge in [-0.1, -0.05) is 140 Å². The van der Waals surface area contributed by atoms with Gasteiger partial charge in [0.25, 0.3) is 0 Å². The summed E-state index contributed by atoms with van der Waals surface area (Å²) in [6.45, 7) is 0.208. The lowest BCUT2D eigenvalue weighted by atomic mass is 9.77. The van der Waals surface area contributed by atoms with Gasteiger partial charge < -0.3 is 19.7 Å². The zero-order valence-electron chi connectivity index (χ0n) is 25.9. The zero-order chi connectivity index (χ0) is 32.2. The van der Waals surface area contributed by atoms with Crippen molar-refractivity contribution in [2.75, 3.05) is 6.61 Å². The highest BCUT2D eigenvalue weighted by molar-refractivity contribution is 5.80. The van der Waals surface area contributed by atoms with Gasteiger partial charge in [0, 0.05) is 18.5 Å². The molecule has 1 amide bonds. The van der Waals surface area contributed by atoms with Gasteiger partial charge >= 0.3 is 12.1 Å². The quantitative estimate of drug-likeness (QED) is 0.190. The van der Waals surface area contributed by atoms with Crippen LogP contribution in [0.15, 0.2) is 152 Å². The molecule has 47 heavy (non-hydrogen) atoms. The molecule has 5 atom stereocenters. The summed E-state index contributed by atoms with van der Waals surface area (Å²) in [5, 5.41) is 12.7. The number of amides is 1. The van der Waals surface area contributed by atoms with Crippen molar-refractivity contribution in [2.45, 2.75) is 18.0 Å². The number of carbonyl (C=O) groups excluding carboxylic acids is 1. The molecule has 0 bridgehead atoms. The van der Waals surface area contributed by atoms with Crippen molar-refractivity contribution in [1.29, 1.82) is 0 Å². The number of benzene rings is 3. The van der Waals surface area contributed by atoms with E-state index in [0.717, 1.165) is 16.7 Å². The Labute approximate surface area is 274 Å². The average Bonchev–Trinajstić information content (AvgIpc) is 3.71. The molecule has 0 radical (unpaired) electrons. The van der Waals surface area contributed by atoms with Crippen LogP contribution in [-0.2, 0) is 21.5 Å². The third-order valence-corrected chi connectivity index (χ3v) is 9.89. The van der Waals surface area contributed by atoms with E-state index < -0.39 is 23.6 Å². The van der Waals surface area contributed by atoms with Crippen molar-refractivity contribution >= 4 is 12.1 Å². The zero-order valence-corrected chi connectivity index (χ0v) is 25.9.